The number of likely N-dealkylation sites (N-methyl/N-ethyl adjacent to an activating group) is 1. The number of nitrogens with zero attached hydrogens (tertiary/aromatic N) is 5. The van der Waals surface area contributed by atoms with E-state index in [0.29, 0.717) is 42.4 Å². The van der Waals surface area contributed by atoms with Crippen LogP contribution in [-0.2, 0) is 6.42 Å². The van der Waals surface area contributed by atoms with Crippen LogP contribution in [0.15, 0.2) is 47.5 Å². The molecule has 0 aliphatic carbocycles. The van der Waals surface area contributed by atoms with Gasteiger partial charge in [0.15, 0.2) is 5.65 Å². The van der Waals surface area contributed by atoms with Crippen LogP contribution < -0.4 is 20.3 Å². The van der Waals surface area contributed by atoms with Crippen LogP contribution in [0.2, 0.25) is 0 Å². The fourth-order valence-corrected chi connectivity index (χ4v) is 4.23. The van der Waals surface area contributed by atoms with Crippen LogP contribution in [0.4, 0.5) is 16.2 Å². The summed E-state index contributed by atoms with van der Waals surface area (Å²) in [4.78, 5) is 42.1. The molecule has 0 radical (unpaired) electrons. The molecule has 0 bridgehead atoms. The topological polar surface area (TPSA) is 111 Å². The molecule has 35 heavy (non-hydrogen) atoms. The zero-order valence-corrected chi connectivity index (χ0v) is 20.2. The van der Waals surface area contributed by atoms with Crippen molar-refractivity contribution in [2.75, 3.05) is 44.0 Å². The van der Waals surface area contributed by atoms with Crippen molar-refractivity contribution in [2.24, 2.45) is 0 Å². The van der Waals surface area contributed by atoms with E-state index in [-0.39, 0.29) is 11.7 Å². The highest BCUT2D eigenvalue weighted by Gasteiger charge is 2.31. The molecule has 180 valence electrons. The Morgan fingerprint density at radius 3 is 2.57 bits per heavy atom. The fraction of sp³-hybridized carbons (Fsp3) is 0.280. The van der Waals surface area contributed by atoms with Crippen LogP contribution in [-0.4, -0.2) is 64.6 Å². The Morgan fingerprint density at radius 1 is 1.17 bits per heavy atom. The molecule has 4 aromatic rings. The number of aryl methyl sites for hydroxylation is 1. The minimum atomic E-state index is -0.613. The monoisotopic (exact) mass is 474 g/mol. The van der Waals surface area contributed by atoms with Gasteiger partial charge in [-0.15, -0.1) is 0 Å². The summed E-state index contributed by atoms with van der Waals surface area (Å²) in [5.41, 5.74) is 4.19. The number of anilines is 2. The summed E-state index contributed by atoms with van der Waals surface area (Å²) in [6.07, 6.45) is 4.06. The number of amides is 2. The minimum absolute atomic E-state index is 0.101. The maximum absolute atomic E-state index is 13.3. The molecular weight excluding hydrogens is 446 g/mol. The molecule has 1 saturated heterocycles. The summed E-state index contributed by atoms with van der Waals surface area (Å²) < 4.78 is 1.30. The Hall–Kier alpha value is -4.34. The summed E-state index contributed by atoms with van der Waals surface area (Å²) in [6, 6.07) is 9.90. The lowest BCUT2D eigenvalue weighted by Gasteiger charge is -2.21. The van der Waals surface area contributed by atoms with E-state index in [4.69, 9.17) is 0 Å². The molecule has 10 heteroatoms. The van der Waals surface area contributed by atoms with E-state index in [1.807, 2.05) is 32.0 Å². The molecule has 0 saturated carbocycles. The highest BCUT2D eigenvalue weighted by atomic mass is 16.3. The molecule has 1 fully saturated rings. The molecule has 2 amide bonds. The predicted octanol–water partition coefficient (Wildman–Crippen LogP) is 2.05. The second-order valence-corrected chi connectivity index (χ2v) is 9.12. The molecule has 10 nitrogen and oxygen atoms in total. The molecule has 1 aliphatic rings. The van der Waals surface area contributed by atoms with Crippen molar-refractivity contribution < 1.29 is 14.9 Å². The number of carbonyl (C=O) groups is 1. The minimum Gasteiger partial charge on any atom is -0.501 e. The molecule has 1 aliphatic heterocycles. The number of carbonyl (C=O) groups excluding carboxylic acids is 1. The lowest BCUT2D eigenvalue weighted by atomic mass is 10.1. The van der Waals surface area contributed by atoms with Gasteiger partial charge in [-0.05, 0) is 18.6 Å². The van der Waals surface area contributed by atoms with Gasteiger partial charge in [-0.25, -0.2) is 19.7 Å². The quantitative estimate of drug-likeness (QED) is 0.460. The molecule has 3 N–H and O–H groups in total. The zero-order chi connectivity index (χ0) is 24.9. The Balaban J connectivity index is 1.63. The third-order valence-corrected chi connectivity index (χ3v) is 6.32. The van der Waals surface area contributed by atoms with Crippen molar-refractivity contribution in [2.45, 2.75) is 13.3 Å². The van der Waals surface area contributed by atoms with Crippen LogP contribution in [0.5, 0.6) is 5.75 Å². The van der Waals surface area contributed by atoms with Crippen molar-refractivity contribution in [3.63, 3.8) is 0 Å². The number of fused-ring (bicyclic) bond motifs is 1. The summed E-state index contributed by atoms with van der Waals surface area (Å²) in [5, 5.41) is 10.8. The molecule has 4 heterocycles. The van der Waals surface area contributed by atoms with Crippen molar-refractivity contribution >= 4 is 23.1 Å². The first kappa shape index (κ1) is 22.5. The van der Waals surface area contributed by atoms with Gasteiger partial charge in [0.25, 0.3) is 0 Å². The Morgan fingerprint density at radius 2 is 1.91 bits per heavy atom. The molecular formula is C25H28N7O3+. The average Bonchev–Trinajstić information content (AvgIpc) is 3.43. The second kappa shape index (κ2) is 8.46. The van der Waals surface area contributed by atoms with Gasteiger partial charge < -0.3 is 14.9 Å². The van der Waals surface area contributed by atoms with Gasteiger partial charge in [0.2, 0.25) is 11.4 Å². The summed E-state index contributed by atoms with van der Waals surface area (Å²) in [7, 11) is 5.43. The Labute approximate surface area is 202 Å². The maximum Gasteiger partial charge on any atom is 0.324 e. The van der Waals surface area contributed by atoms with E-state index >= 15 is 0 Å². The normalized spacial score (nSPS) is 13.8. The number of imidazole rings is 1. The first-order valence-electron chi connectivity index (χ1n) is 11.4. The summed E-state index contributed by atoms with van der Waals surface area (Å²) in [6.45, 7) is 3.09. The van der Waals surface area contributed by atoms with Crippen LogP contribution in [0.1, 0.15) is 16.8 Å². The summed E-state index contributed by atoms with van der Waals surface area (Å²) >= 11 is 0. The van der Waals surface area contributed by atoms with Crippen LogP contribution in [0.3, 0.4) is 0 Å². The second-order valence-electron chi connectivity index (χ2n) is 9.12. The lowest BCUT2D eigenvalue weighted by Crippen LogP contribution is -2.31. The van der Waals surface area contributed by atoms with E-state index in [9.17, 15) is 14.7 Å². The molecule has 0 unspecified atom stereocenters. The van der Waals surface area contributed by atoms with Gasteiger partial charge in [0.05, 0.1) is 11.4 Å². The van der Waals surface area contributed by atoms with Crippen molar-refractivity contribution in [3.05, 3.63) is 69.9 Å². The van der Waals surface area contributed by atoms with Crippen molar-refractivity contribution in [1.29, 1.82) is 0 Å². The standard InChI is InChI=1S/C25H27N7O3/c1-15-5-7-16(8-6-15)11-17-13-26-22(27-17)20-21(33)24(34)32-14-18(29(2)3)12-19(23(32)28-20)31-10-9-30(4)25(31)35/h5-8,12-14,33H,9-11H2,1-4H3,(H,26,27)/p+1. The molecule has 0 atom stereocenters. The number of pyridine rings is 1. The first-order chi connectivity index (χ1) is 16.7. The largest absolute Gasteiger partial charge is 0.501 e. The van der Waals surface area contributed by atoms with Gasteiger partial charge in [-0.2, -0.15) is 0 Å². The number of benzene rings is 1. The maximum atomic E-state index is 13.3. The first-order valence-corrected chi connectivity index (χ1v) is 11.4. The summed E-state index contributed by atoms with van der Waals surface area (Å²) in [5.74, 6) is -0.0640. The van der Waals surface area contributed by atoms with Crippen LogP contribution in [0, 0.1) is 6.92 Å². The van der Waals surface area contributed by atoms with Crippen LogP contribution in [0.25, 0.3) is 17.2 Å². The van der Waals surface area contributed by atoms with Gasteiger partial charge in [0.1, 0.15) is 11.9 Å². The number of H-pyrrole nitrogens is 2. The van der Waals surface area contributed by atoms with E-state index in [2.05, 4.69) is 39.2 Å². The van der Waals surface area contributed by atoms with E-state index in [0.717, 1.165) is 11.3 Å². The molecule has 0 spiro atoms. The lowest BCUT2D eigenvalue weighted by molar-refractivity contribution is -0.362. The van der Waals surface area contributed by atoms with E-state index < -0.39 is 11.3 Å². The number of rotatable bonds is 5. The van der Waals surface area contributed by atoms with Gasteiger partial charge in [0, 0.05) is 46.9 Å². The highest BCUT2D eigenvalue weighted by molar-refractivity contribution is 5.98. The third kappa shape index (κ3) is 3.96. The van der Waals surface area contributed by atoms with Crippen LogP contribution >= 0.6 is 0 Å². The number of hydrogen-bond donors (Lipinski definition) is 2. The third-order valence-electron chi connectivity index (χ3n) is 6.32. The fourth-order valence-electron chi connectivity index (χ4n) is 4.23. The van der Waals surface area contributed by atoms with Crippen molar-refractivity contribution in [3.8, 4) is 17.3 Å². The average molecular weight is 475 g/mol. The molecule has 5 rings (SSSR count). The number of aromatic nitrogens is 4. The molecule has 3 aromatic heterocycles. The number of urea groups is 1. The van der Waals surface area contributed by atoms with Gasteiger partial charge in [-0.1, -0.05) is 29.8 Å². The number of hydrogen-bond acceptors (Lipinski definition) is 5. The Kier molecular flexibility index (Phi) is 5.43. The Bertz CT molecular complexity index is 1490. The number of aromatic amines is 2. The van der Waals surface area contributed by atoms with E-state index in [1.165, 1.54) is 9.96 Å². The highest BCUT2D eigenvalue weighted by Crippen LogP contribution is 2.31. The zero-order valence-electron chi connectivity index (χ0n) is 20.2. The van der Waals surface area contributed by atoms with Gasteiger partial charge >= 0.3 is 17.4 Å². The SMILES string of the molecule is Cc1ccc(Cc2c[nH+]c(-c3nc4c(N5CCN(C)C5=O)cc(N(C)C)cn4c(=O)c3O)[nH]2)cc1. The van der Waals surface area contributed by atoms with Crippen molar-refractivity contribution in [1.82, 2.24) is 19.3 Å². The van der Waals surface area contributed by atoms with E-state index in [1.54, 1.807) is 29.2 Å². The molecule has 1 aromatic carbocycles. The van der Waals surface area contributed by atoms with Gasteiger partial charge in [-0.3, -0.25) is 14.1 Å². The number of nitrogens with one attached hydrogen (secondary N) is 2. The predicted molar refractivity (Wildman–Crippen MR) is 133 cm³/mol. The smallest absolute Gasteiger partial charge is 0.324 e. The number of aromatic hydroxyl groups is 1.